The van der Waals surface area contributed by atoms with Crippen LogP contribution in [0.4, 0.5) is 5.69 Å². The molecule has 2 amide bonds. The highest BCUT2D eigenvalue weighted by Gasteiger charge is 2.25. The first kappa shape index (κ1) is 8.91. The molecule has 3 rings (SSSR count). The number of carbonyl (C=O) groups excluding carboxylic acids is 2. The quantitative estimate of drug-likeness (QED) is 0.730. The Balaban J connectivity index is 2.12. The van der Waals surface area contributed by atoms with Gasteiger partial charge < -0.3 is 4.98 Å². The van der Waals surface area contributed by atoms with Crippen molar-refractivity contribution >= 4 is 28.4 Å². The van der Waals surface area contributed by atoms with Crippen LogP contribution < -0.4 is 4.90 Å². The molecule has 0 saturated heterocycles. The van der Waals surface area contributed by atoms with E-state index >= 15 is 0 Å². The van der Waals surface area contributed by atoms with Gasteiger partial charge in [-0.25, -0.2) is 4.90 Å². The molecule has 1 aliphatic rings. The second-order valence-corrected chi connectivity index (χ2v) is 3.59. The maximum Gasteiger partial charge on any atom is 0.258 e. The molecular weight excluding hydrogens is 204 g/mol. The van der Waals surface area contributed by atoms with E-state index in [1.807, 2.05) is 18.3 Å². The number of amides is 2. The Morgan fingerprint density at radius 1 is 1.00 bits per heavy atom. The molecular formula is C12H8N2O2. The number of nitrogens with one attached hydrogen (secondary N) is 1. The van der Waals surface area contributed by atoms with Crippen molar-refractivity contribution in [2.75, 3.05) is 4.90 Å². The van der Waals surface area contributed by atoms with Crippen LogP contribution in [0.3, 0.4) is 0 Å². The van der Waals surface area contributed by atoms with Crippen molar-refractivity contribution in [3.8, 4) is 0 Å². The molecule has 2 aromatic rings. The maximum atomic E-state index is 11.5. The average Bonchev–Trinajstić information content (AvgIpc) is 2.85. The zero-order valence-electron chi connectivity index (χ0n) is 8.31. The van der Waals surface area contributed by atoms with Crippen LogP contribution in [-0.4, -0.2) is 16.8 Å². The van der Waals surface area contributed by atoms with Crippen molar-refractivity contribution in [3.63, 3.8) is 0 Å². The van der Waals surface area contributed by atoms with Crippen molar-refractivity contribution in [1.82, 2.24) is 4.98 Å². The van der Waals surface area contributed by atoms with Crippen LogP contribution in [0.2, 0.25) is 0 Å². The number of carbonyl (C=O) groups is 2. The van der Waals surface area contributed by atoms with Gasteiger partial charge in [-0.1, -0.05) is 6.07 Å². The molecule has 4 heteroatoms. The molecule has 0 saturated carbocycles. The lowest BCUT2D eigenvalue weighted by molar-refractivity contribution is -0.119. The molecule has 0 aliphatic carbocycles. The number of aromatic nitrogens is 1. The number of benzene rings is 1. The fraction of sp³-hybridized carbons (Fsp3) is 0. The minimum Gasteiger partial charge on any atom is -0.361 e. The van der Waals surface area contributed by atoms with E-state index in [9.17, 15) is 9.59 Å². The van der Waals surface area contributed by atoms with Crippen LogP contribution in [0, 0.1) is 0 Å². The second kappa shape index (κ2) is 3.06. The van der Waals surface area contributed by atoms with Crippen molar-refractivity contribution in [3.05, 3.63) is 42.6 Å². The van der Waals surface area contributed by atoms with E-state index in [1.54, 1.807) is 12.1 Å². The highest BCUT2D eigenvalue weighted by atomic mass is 16.2. The van der Waals surface area contributed by atoms with Crippen molar-refractivity contribution in [2.45, 2.75) is 0 Å². The summed E-state index contributed by atoms with van der Waals surface area (Å²) in [4.78, 5) is 27.1. The third-order valence-corrected chi connectivity index (χ3v) is 2.61. The number of aromatic amines is 1. The Kier molecular flexibility index (Phi) is 1.71. The molecule has 1 aromatic heterocycles. The molecule has 0 spiro atoms. The molecule has 1 aromatic carbocycles. The number of nitrogens with zero attached hydrogens (tertiary/aromatic N) is 1. The molecule has 1 N–H and O–H groups in total. The molecule has 0 fully saturated rings. The largest absolute Gasteiger partial charge is 0.361 e. The third-order valence-electron chi connectivity index (χ3n) is 2.61. The predicted molar refractivity (Wildman–Crippen MR) is 59.9 cm³/mol. The molecule has 0 radical (unpaired) electrons. The van der Waals surface area contributed by atoms with Gasteiger partial charge in [0.15, 0.2) is 0 Å². The van der Waals surface area contributed by atoms with E-state index in [1.165, 1.54) is 12.2 Å². The highest BCUT2D eigenvalue weighted by molar-refractivity contribution is 6.28. The molecule has 2 heterocycles. The zero-order chi connectivity index (χ0) is 11.1. The summed E-state index contributed by atoms with van der Waals surface area (Å²) in [5.74, 6) is -0.591. The first-order valence-corrected chi connectivity index (χ1v) is 4.89. The molecule has 16 heavy (non-hydrogen) atoms. The van der Waals surface area contributed by atoms with Gasteiger partial charge in [0.05, 0.1) is 5.69 Å². The van der Waals surface area contributed by atoms with Crippen molar-refractivity contribution in [2.24, 2.45) is 0 Å². The monoisotopic (exact) mass is 212 g/mol. The summed E-state index contributed by atoms with van der Waals surface area (Å²) < 4.78 is 0. The number of H-pyrrole nitrogens is 1. The molecule has 4 nitrogen and oxygen atoms in total. The molecule has 0 bridgehead atoms. The summed E-state index contributed by atoms with van der Waals surface area (Å²) in [5.41, 5.74) is 1.50. The highest BCUT2D eigenvalue weighted by Crippen LogP contribution is 2.23. The Hall–Kier alpha value is -2.36. The number of rotatable bonds is 1. The summed E-state index contributed by atoms with van der Waals surface area (Å²) in [5, 5.41) is 1.05. The number of anilines is 1. The summed E-state index contributed by atoms with van der Waals surface area (Å²) in [6.45, 7) is 0. The Morgan fingerprint density at radius 2 is 1.75 bits per heavy atom. The average molecular weight is 212 g/mol. The van der Waals surface area contributed by atoms with Crippen LogP contribution in [0.5, 0.6) is 0 Å². The number of hydrogen-bond donors (Lipinski definition) is 1. The lowest BCUT2D eigenvalue weighted by atomic mass is 10.2. The Bertz CT molecular complexity index is 607. The SMILES string of the molecule is O=C1C=CC(=O)N1c1ccc2cc[nH]c2c1. The fourth-order valence-electron chi connectivity index (χ4n) is 1.83. The van der Waals surface area contributed by atoms with E-state index in [-0.39, 0.29) is 11.8 Å². The van der Waals surface area contributed by atoms with Gasteiger partial charge in [0.25, 0.3) is 11.8 Å². The standard InChI is InChI=1S/C12H8N2O2/c15-11-3-4-12(16)14(11)9-2-1-8-5-6-13-10(8)7-9/h1-7,13H. The van der Waals surface area contributed by atoms with Gasteiger partial charge in [-0.05, 0) is 23.6 Å². The van der Waals surface area contributed by atoms with Crippen molar-refractivity contribution in [1.29, 1.82) is 0 Å². The first-order valence-electron chi connectivity index (χ1n) is 4.89. The minimum atomic E-state index is -0.295. The van der Waals surface area contributed by atoms with Gasteiger partial charge in [0.1, 0.15) is 0 Å². The van der Waals surface area contributed by atoms with Crippen LogP contribution in [0.25, 0.3) is 10.9 Å². The molecule has 0 unspecified atom stereocenters. The smallest absolute Gasteiger partial charge is 0.258 e. The fourth-order valence-corrected chi connectivity index (χ4v) is 1.83. The third kappa shape index (κ3) is 1.16. The topological polar surface area (TPSA) is 53.2 Å². The van der Waals surface area contributed by atoms with Crippen LogP contribution in [0.15, 0.2) is 42.6 Å². The Morgan fingerprint density at radius 3 is 2.50 bits per heavy atom. The van der Waals surface area contributed by atoms with Crippen LogP contribution in [0.1, 0.15) is 0 Å². The second-order valence-electron chi connectivity index (χ2n) is 3.59. The van der Waals surface area contributed by atoms with Gasteiger partial charge in [0.2, 0.25) is 0 Å². The van der Waals surface area contributed by atoms with E-state index in [0.29, 0.717) is 5.69 Å². The predicted octanol–water partition coefficient (Wildman–Crippen LogP) is 1.60. The van der Waals surface area contributed by atoms with E-state index in [0.717, 1.165) is 15.8 Å². The maximum absolute atomic E-state index is 11.5. The van der Waals surface area contributed by atoms with Gasteiger partial charge in [-0.3, -0.25) is 9.59 Å². The Labute approximate surface area is 91.2 Å². The summed E-state index contributed by atoms with van der Waals surface area (Å²) in [6, 6.07) is 7.36. The molecule has 1 aliphatic heterocycles. The summed E-state index contributed by atoms with van der Waals surface area (Å²) in [6.07, 6.45) is 4.38. The lowest BCUT2D eigenvalue weighted by Gasteiger charge is -2.13. The van der Waals surface area contributed by atoms with Gasteiger partial charge in [-0.2, -0.15) is 0 Å². The molecule has 78 valence electrons. The minimum absolute atomic E-state index is 0.295. The summed E-state index contributed by atoms with van der Waals surface area (Å²) >= 11 is 0. The van der Waals surface area contributed by atoms with Crippen LogP contribution >= 0.6 is 0 Å². The normalized spacial score (nSPS) is 15.4. The zero-order valence-corrected chi connectivity index (χ0v) is 8.31. The lowest BCUT2D eigenvalue weighted by Crippen LogP contribution is -2.29. The van der Waals surface area contributed by atoms with Gasteiger partial charge in [0, 0.05) is 23.9 Å². The van der Waals surface area contributed by atoms with E-state index < -0.39 is 0 Å². The van der Waals surface area contributed by atoms with E-state index in [2.05, 4.69) is 4.98 Å². The van der Waals surface area contributed by atoms with Gasteiger partial charge >= 0.3 is 0 Å². The van der Waals surface area contributed by atoms with Crippen LogP contribution in [-0.2, 0) is 9.59 Å². The first-order chi connectivity index (χ1) is 7.75. The van der Waals surface area contributed by atoms with Crippen molar-refractivity contribution < 1.29 is 9.59 Å². The summed E-state index contributed by atoms with van der Waals surface area (Å²) in [7, 11) is 0. The number of fused-ring (bicyclic) bond motifs is 1. The van der Waals surface area contributed by atoms with E-state index in [4.69, 9.17) is 0 Å². The number of hydrogen-bond acceptors (Lipinski definition) is 2. The van der Waals surface area contributed by atoms with Gasteiger partial charge in [-0.15, -0.1) is 0 Å². The number of imide groups is 1. The molecule has 0 atom stereocenters.